The van der Waals surface area contributed by atoms with Crippen LogP contribution in [0.5, 0.6) is 0 Å². The van der Waals surface area contributed by atoms with Crippen molar-refractivity contribution in [1.29, 1.82) is 0 Å². The average molecular weight is 940 g/mol. The number of aliphatic hydroxyl groups excluding tert-OH is 2. The number of ether oxygens (including phenoxy) is 1. The molecule has 67 heavy (non-hydrogen) atoms. The number of rotatable bonds is 11. The molecule has 4 rings (SSSR count). The van der Waals surface area contributed by atoms with E-state index in [1.165, 1.54) is 44.2 Å². The molecule has 2 aromatic carbocycles. The van der Waals surface area contributed by atoms with Gasteiger partial charge in [0.15, 0.2) is 23.6 Å². The number of aldehydes is 1. The molecule has 378 valence electrons. The van der Waals surface area contributed by atoms with Crippen LogP contribution in [0.4, 0.5) is 0 Å². The van der Waals surface area contributed by atoms with Crippen LogP contribution >= 0.6 is 0 Å². The summed E-state index contributed by atoms with van der Waals surface area (Å²) in [6.45, 7) is 34.0. The zero-order valence-corrected chi connectivity index (χ0v) is 43.5. The number of allylic oxidation sites excluding steroid dienone is 3. The molecule has 0 unspecified atom stereocenters. The number of amides is 3. The van der Waals surface area contributed by atoms with Crippen LogP contribution in [0.1, 0.15) is 166 Å². The highest BCUT2D eigenvalue weighted by Crippen LogP contribution is 2.38. The summed E-state index contributed by atoms with van der Waals surface area (Å²) in [5.74, 6) is 6.76. The van der Waals surface area contributed by atoms with Crippen LogP contribution in [0.25, 0.3) is 0 Å². The molecule has 2 aliphatic heterocycles. The van der Waals surface area contributed by atoms with Crippen LogP contribution < -0.4 is 28.1 Å². The topological polar surface area (TPSA) is 275 Å². The van der Waals surface area contributed by atoms with Crippen molar-refractivity contribution in [2.75, 3.05) is 0 Å². The molecule has 6 atom stereocenters. The quantitative estimate of drug-likeness (QED) is 0.0289. The van der Waals surface area contributed by atoms with Gasteiger partial charge in [0, 0.05) is 17.2 Å². The maximum Gasteiger partial charge on any atom is 0.258 e. The molecule has 1 saturated heterocycles. The molecule has 0 radical (unpaired) electrons. The largest absolute Gasteiger partial charge is 0.391 e. The SMILES string of the molecule is CC.CC.CC.CC(=O)/C=C/[C@@H]1O[C@H]1C(C)(C)C.CC(=O)/C=C/[C@H](N)[C@@H](O)C(C)(C)C.CC(=O)/C=C/[C@H](NC(=O)c1ccccc1C=O)[C@@H](O)C(C)(C)C.NN.O=C1NC(=O)c2ccccc21. The summed E-state index contributed by atoms with van der Waals surface area (Å²) in [4.78, 5) is 77.7. The molecule has 2 aromatic rings. The van der Waals surface area contributed by atoms with E-state index in [2.05, 4.69) is 43.1 Å². The molecule has 3 amide bonds. The fourth-order valence-corrected chi connectivity index (χ4v) is 5.29. The van der Waals surface area contributed by atoms with E-state index in [1.54, 1.807) is 55.5 Å². The Morgan fingerprint density at radius 3 is 1.45 bits per heavy atom. The first-order chi connectivity index (χ1) is 31.1. The Morgan fingerprint density at radius 2 is 1.07 bits per heavy atom. The number of nitrogens with one attached hydrogen (secondary N) is 2. The molecule has 0 aromatic heterocycles. The van der Waals surface area contributed by atoms with Gasteiger partial charge in [-0.3, -0.25) is 50.6 Å². The summed E-state index contributed by atoms with van der Waals surface area (Å²) < 4.78 is 5.39. The molecule has 0 bridgehead atoms. The fraction of sp³-hybridized carbons (Fsp3) is 0.519. The van der Waals surface area contributed by atoms with Crippen LogP contribution in [0.2, 0.25) is 0 Å². The molecule has 15 nitrogen and oxygen atoms in total. The summed E-state index contributed by atoms with van der Waals surface area (Å²) >= 11 is 0. The molecule has 15 heteroatoms. The Hall–Kier alpha value is -5.29. The van der Waals surface area contributed by atoms with Crippen molar-refractivity contribution in [3.8, 4) is 0 Å². The number of nitrogens with two attached hydrogens (primary N) is 3. The lowest BCUT2D eigenvalue weighted by atomic mass is 9.84. The third-order valence-electron chi connectivity index (χ3n) is 8.74. The van der Waals surface area contributed by atoms with E-state index in [4.69, 9.17) is 10.5 Å². The van der Waals surface area contributed by atoms with Crippen LogP contribution in [0.15, 0.2) is 85.0 Å². The first kappa shape index (κ1) is 68.3. The van der Waals surface area contributed by atoms with Crippen LogP contribution in [-0.4, -0.2) is 88.1 Å². The van der Waals surface area contributed by atoms with Crippen molar-refractivity contribution < 1.29 is 48.5 Å². The van der Waals surface area contributed by atoms with Crippen LogP contribution in [0, 0.1) is 16.2 Å². The minimum atomic E-state index is -0.898. The molecular formula is C52H85N5O10. The zero-order valence-electron chi connectivity index (χ0n) is 43.5. The number of fused-ring (bicyclic) bond motifs is 1. The number of epoxide rings is 1. The lowest BCUT2D eigenvalue weighted by molar-refractivity contribution is -0.113. The predicted octanol–water partition coefficient (Wildman–Crippen LogP) is 7.43. The van der Waals surface area contributed by atoms with Crippen LogP contribution in [-0.2, 0) is 19.1 Å². The summed E-state index contributed by atoms with van der Waals surface area (Å²) in [6, 6.07) is 11.9. The molecule has 1 fully saturated rings. The van der Waals surface area contributed by atoms with Gasteiger partial charge in [0.25, 0.3) is 17.7 Å². The second-order valence-corrected chi connectivity index (χ2v) is 17.5. The lowest BCUT2D eigenvalue weighted by Gasteiger charge is -2.32. The maximum absolute atomic E-state index is 12.4. The number of ketones is 3. The second kappa shape index (κ2) is 34.9. The molecule has 2 aliphatic rings. The predicted molar refractivity (Wildman–Crippen MR) is 270 cm³/mol. The van der Waals surface area contributed by atoms with Gasteiger partial charge in [-0.1, -0.05) is 146 Å². The normalized spacial score (nSPS) is 16.3. The average Bonchev–Trinajstić information content (AvgIpc) is 4.04. The van der Waals surface area contributed by atoms with Gasteiger partial charge >= 0.3 is 0 Å². The standard InChI is InChI=1S/C18H23NO4.C10H19NO2.C10H16O2.C8H5NO2.3C2H6.H4N2/c1-12(21)9-10-15(16(22)18(2,3)4)19-17(23)14-8-6-5-7-13(14)11-20;1-7(12)5-6-8(11)9(13)10(2,3)4;1-7(11)5-6-8-9(12-8)10(2,3)4;10-7-5-3-1-2-4-6(5)8(11)9-7;4*1-2/h5-11,15-16,22H,1-4H3,(H,19,23);5-6,8-9,13H,11H2,1-4H3;5-6,8-9H,1-4H3;1-4H,(H,9,10,11);3*1-2H3;1-2H2/b10-9+;2*6-5+;;;;;/t15-,16+;2*8-,9+;;;;;/m000...../s1. The van der Waals surface area contributed by atoms with Crippen molar-refractivity contribution in [3.63, 3.8) is 0 Å². The number of carbonyl (C=O) groups is 7. The number of carbonyl (C=O) groups excluding carboxylic acids is 7. The minimum absolute atomic E-state index is 0.0587. The first-order valence-electron chi connectivity index (χ1n) is 22.6. The maximum atomic E-state index is 12.4. The van der Waals surface area contributed by atoms with Gasteiger partial charge in [0.1, 0.15) is 6.10 Å². The monoisotopic (exact) mass is 940 g/mol. The molecule has 0 aliphatic carbocycles. The van der Waals surface area contributed by atoms with Crippen LogP contribution in [0.3, 0.4) is 0 Å². The van der Waals surface area contributed by atoms with Crippen molar-refractivity contribution >= 4 is 41.4 Å². The highest BCUT2D eigenvalue weighted by atomic mass is 16.6. The Kier molecular flexibility index (Phi) is 35.6. The van der Waals surface area contributed by atoms with Gasteiger partial charge in [0.05, 0.1) is 35.5 Å². The summed E-state index contributed by atoms with van der Waals surface area (Å²) in [6.07, 6.45) is 8.66. The van der Waals surface area contributed by atoms with E-state index in [9.17, 15) is 43.8 Å². The van der Waals surface area contributed by atoms with Gasteiger partial charge in [-0.2, -0.15) is 0 Å². The smallest absolute Gasteiger partial charge is 0.258 e. The van der Waals surface area contributed by atoms with E-state index in [0.717, 1.165) is 0 Å². The number of aliphatic hydroxyl groups is 2. The summed E-state index contributed by atoms with van der Waals surface area (Å²) in [5.41, 5.74) is 6.52. The fourth-order valence-electron chi connectivity index (χ4n) is 5.29. The number of hydrogen-bond donors (Lipinski definition) is 7. The number of benzene rings is 2. The molecular weight excluding hydrogens is 855 g/mol. The minimum Gasteiger partial charge on any atom is -0.391 e. The van der Waals surface area contributed by atoms with Gasteiger partial charge in [-0.15, -0.1) is 0 Å². The Bertz CT molecular complexity index is 1870. The molecule has 10 N–H and O–H groups in total. The molecule has 0 spiro atoms. The number of imide groups is 1. The molecule has 2 heterocycles. The third-order valence-corrected chi connectivity index (χ3v) is 8.74. The van der Waals surface area contributed by atoms with Crippen molar-refractivity contribution in [2.24, 2.45) is 33.7 Å². The third kappa shape index (κ3) is 28.5. The van der Waals surface area contributed by atoms with Crippen molar-refractivity contribution in [1.82, 2.24) is 10.6 Å². The van der Waals surface area contributed by atoms with Gasteiger partial charge in [-0.05, 0) is 79.5 Å². The van der Waals surface area contributed by atoms with Gasteiger partial charge < -0.3 is 26.0 Å². The van der Waals surface area contributed by atoms with Gasteiger partial charge in [0.2, 0.25) is 0 Å². The van der Waals surface area contributed by atoms with Crippen molar-refractivity contribution in [3.05, 3.63) is 107 Å². The highest BCUT2D eigenvalue weighted by molar-refractivity contribution is 6.21. The lowest BCUT2D eigenvalue weighted by Crippen LogP contribution is -2.48. The Balaban J connectivity index is -0.000000390. The van der Waals surface area contributed by atoms with E-state index in [0.29, 0.717) is 17.4 Å². The van der Waals surface area contributed by atoms with E-state index in [1.807, 2.05) is 89.2 Å². The van der Waals surface area contributed by atoms with Gasteiger partial charge in [-0.25, -0.2) is 0 Å². The van der Waals surface area contributed by atoms with E-state index < -0.39 is 35.6 Å². The van der Waals surface area contributed by atoms with E-state index >= 15 is 0 Å². The summed E-state index contributed by atoms with van der Waals surface area (Å²) in [7, 11) is 0. The number of hydrazine groups is 1. The Labute approximate surface area is 401 Å². The second-order valence-electron chi connectivity index (χ2n) is 17.5. The highest BCUT2D eigenvalue weighted by Gasteiger charge is 2.45. The number of hydrogen-bond acceptors (Lipinski definition) is 13. The first-order valence-corrected chi connectivity index (χ1v) is 22.6. The van der Waals surface area contributed by atoms with Crippen molar-refractivity contribution in [2.45, 2.75) is 161 Å². The molecule has 0 saturated carbocycles. The Morgan fingerprint density at radius 1 is 0.672 bits per heavy atom. The van der Waals surface area contributed by atoms with E-state index in [-0.39, 0.29) is 63.3 Å². The zero-order chi connectivity index (χ0) is 53.5. The summed E-state index contributed by atoms with van der Waals surface area (Å²) in [5, 5.41) is 25.0.